The number of hydrogen-bond donors (Lipinski definition) is 0. The zero-order valence-electron chi connectivity index (χ0n) is 21.0. The van der Waals surface area contributed by atoms with Crippen LogP contribution in [0.15, 0.2) is 42.5 Å². The van der Waals surface area contributed by atoms with Gasteiger partial charge in [0.2, 0.25) is 0 Å². The first-order chi connectivity index (χ1) is 17.1. The molecule has 0 radical (unpaired) electrons. The van der Waals surface area contributed by atoms with Crippen molar-refractivity contribution < 1.29 is 28.5 Å². The summed E-state index contributed by atoms with van der Waals surface area (Å²) in [6.07, 6.45) is 8.22. The number of carbonyl (C=O) groups excluding carboxylic acids is 1. The quantitative estimate of drug-likeness (QED) is 0.387. The summed E-state index contributed by atoms with van der Waals surface area (Å²) in [6, 6.07) is 12.2. The van der Waals surface area contributed by atoms with Gasteiger partial charge in [-0.15, -0.1) is 0 Å². The van der Waals surface area contributed by atoms with E-state index in [1.165, 1.54) is 18.9 Å². The fourth-order valence-electron chi connectivity index (χ4n) is 5.28. The van der Waals surface area contributed by atoms with Crippen molar-refractivity contribution in [2.75, 3.05) is 35.0 Å². The lowest BCUT2D eigenvalue weighted by Gasteiger charge is -2.47. The molecule has 2 aromatic rings. The Labute approximate surface area is 207 Å². The Morgan fingerprint density at radius 2 is 1.54 bits per heavy atom. The number of rotatable bonds is 8. The van der Waals surface area contributed by atoms with Gasteiger partial charge in [0.1, 0.15) is 6.10 Å². The molecule has 35 heavy (non-hydrogen) atoms. The minimum absolute atomic E-state index is 0.144. The molecule has 2 heterocycles. The number of piperidine rings is 2. The largest absolute Gasteiger partial charge is 0.493 e. The Morgan fingerprint density at radius 1 is 0.857 bits per heavy atom. The second-order valence-electron chi connectivity index (χ2n) is 9.00. The molecule has 0 saturated carbocycles. The average Bonchev–Trinajstić information content (AvgIpc) is 2.90. The minimum Gasteiger partial charge on any atom is -0.493 e. The van der Waals surface area contributed by atoms with E-state index in [-0.39, 0.29) is 18.1 Å². The molecule has 0 bridgehead atoms. The molecule has 0 aromatic heterocycles. The van der Waals surface area contributed by atoms with Crippen LogP contribution in [0, 0.1) is 0 Å². The molecule has 0 N–H and O–H groups in total. The second-order valence-corrected chi connectivity index (χ2v) is 9.00. The van der Waals surface area contributed by atoms with E-state index in [2.05, 4.69) is 17.0 Å². The SMILES string of the molecule is COc1ccc(C=CC(=O)O[C@@H]2C[C@H]3CCCCN3[C@@H](c3ccc(OC)c(OC)c3)C2)cc1OC. The fourth-order valence-corrected chi connectivity index (χ4v) is 5.28. The third kappa shape index (κ3) is 5.73. The summed E-state index contributed by atoms with van der Waals surface area (Å²) in [5.74, 6) is 2.36. The van der Waals surface area contributed by atoms with Crippen LogP contribution in [0.5, 0.6) is 23.0 Å². The highest BCUT2D eigenvalue weighted by molar-refractivity contribution is 5.87. The first-order valence-corrected chi connectivity index (χ1v) is 12.1. The van der Waals surface area contributed by atoms with Gasteiger partial charge in [-0.2, -0.15) is 0 Å². The van der Waals surface area contributed by atoms with Crippen LogP contribution in [0.2, 0.25) is 0 Å². The minimum atomic E-state index is -0.333. The van der Waals surface area contributed by atoms with Crippen LogP contribution in [0.3, 0.4) is 0 Å². The van der Waals surface area contributed by atoms with Crippen molar-refractivity contribution in [2.24, 2.45) is 0 Å². The standard InChI is InChI=1S/C28H35NO6/c1-31-24-11-8-19(15-26(24)33-3)9-13-28(30)35-22-17-21-7-5-6-14-29(21)23(18-22)20-10-12-25(32-2)27(16-20)34-4/h8-13,15-16,21-23H,5-7,14,17-18H2,1-4H3/t21-,22-,23-/m1/s1. The summed E-state index contributed by atoms with van der Waals surface area (Å²) in [4.78, 5) is 15.3. The molecule has 2 aromatic carbocycles. The van der Waals surface area contributed by atoms with Crippen LogP contribution >= 0.6 is 0 Å². The monoisotopic (exact) mass is 481 g/mol. The molecule has 2 aliphatic rings. The fraction of sp³-hybridized carbons (Fsp3) is 0.464. The normalized spacial score (nSPS) is 22.3. The van der Waals surface area contributed by atoms with Gasteiger partial charge in [-0.1, -0.05) is 18.6 Å². The molecule has 0 amide bonds. The molecule has 0 aliphatic carbocycles. The lowest BCUT2D eigenvalue weighted by molar-refractivity contribution is -0.148. The van der Waals surface area contributed by atoms with Crippen LogP contribution in [0.4, 0.5) is 0 Å². The summed E-state index contributed by atoms with van der Waals surface area (Å²) in [5, 5.41) is 0. The molecule has 0 unspecified atom stereocenters. The molecule has 0 spiro atoms. The van der Waals surface area contributed by atoms with Crippen molar-refractivity contribution in [1.82, 2.24) is 4.90 Å². The Kier molecular flexibility index (Phi) is 8.18. The van der Waals surface area contributed by atoms with Crippen molar-refractivity contribution in [1.29, 1.82) is 0 Å². The summed E-state index contributed by atoms with van der Waals surface area (Å²) >= 11 is 0. The highest BCUT2D eigenvalue weighted by atomic mass is 16.5. The Morgan fingerprint density at radius 3 is 2.26 bits per heavy atom. The zero-order chi connectivity index (χ0) is 24.8. The lowest BCUT2D eigenvalue weighted by Crippen LogP contribution is -2.49. The van der Waals surface area contributed by atoms with Gasteiger partial charge in [0.25, 0.3) is 0 Å². The summed E-state index contributed by atoms with van der Waals surface area (Å²) in [6.45, 7) is 1.06. The van der Waals surface area contributed by atoms with Gasteiger partial charge in [-0.25, -0.2) is 4.79 Å². The number of fused-ring (bicyclic) bond motifs is 1. The van der Waals surface area contributed by atoms with Crippen LogP contribution in [-0.4, -0.2) is 58.0 Å². The molecule has 2 fully saturated rings. The zero-order valence-corrected chi connectivity index (χ0v) is 21.0. The van der Waals surface area contributed by atoms with Gasteiger partial charge in [0.05, 0.1) is 28.4 Å². The first kappa shape index (κ1) is 24.9. The summed E-state index contributed by atoms with van der Waals surface area (Å²) < 4.78 is 27.5. The maximum Gasteiger partial charge on any atom is 0.331 e. The molecular formula is C28H35NO6. The molecule has 7 heteroatoms. The average molecular weight is 482 g/mol. The number of esters is 1. The van der Waals surface area contributed by atoms with Gasteiger partial charge >= 0.3 is 5.97 Å². The van der Waals surface area contributed by atoms with Crippen molar-refractivity contribution in [2.45, 2.75) is 50.3 Å². The molecule has 188 valence electrons. The van der Waals surface area contributed by atoms with E-state index < -0.39 is 0 Å². The van der Waals surface area contributed by atoms with Crippen LogP contribution < -0.4 is 18.9 Å². The van der Waals surface area contributed by atoms with Crippen LogP contribution in [-0.2, 0) is 9.53 Å². The molecular weight excluding hydrogens is 446 g/mol. The number of nitrogens with zero attached hydrogens (tertiary/aromatic N) is 1. The van der Waals surface area contributed by atoms with Gasteiger partial charge in [0.15, 0.2) is 23.0 Å². The van der Waals surface area contributed by atoms with E-state index in [4.69, 9.17) is 23.7 Å². The molecule has 7 nitrogen and oxygen atoms in total. The van der Waals surface area contributed by atoms with Gasteiger partial charge < -0.3 is 23.7 Å². The van der Waals surface area contributed by atoms with E-state index in [0.717, 1.165) is 42.7 Å². The summed E-state index contributed by atoms with van der Waals surface area (Å²) in [7, 11) is 6.48. The predicted molar refractivity (Wildman–Crippen MR) is 134 cm³/mol. The van der Waals surface area contributed by atoms with E-state index in [9.17, 15) is 4.79 Å². The number of hydrogen-bond acceptors (Lipinski definition) is 7. The number of ether oxygens (including phenoxy) is 5. The maximum atomic E-state index is 12.7. The van der Waals surface area contributed by atoms with Crippen molar-refractivity contribution >= 4 is 12.0 Å². The third-order valence-electron chi connectivity index (χ3n) is 6.99. The van der Waals surface area contributed by atoms with Gasteiger partial charge in [-0.05, 0) is 60.9 Å². The first-order valence-electron chi connectivity index (χ1n) is 12.1. The second kappa shape index (κ2) is 11.5. The molecule has 2 aliphatic heterocycles. The van der Waals surface area contributed by atoms with Gasteiger partial charge in [0, 0.05) is 31.0 Å². The maximum absolute atomic E-state index is 12.7. The Balaban J connectivity index is 1.48. The highest BCUT2D eigenvalue weighted by Gasteiger charge is 2.39. The van der Waals surface area contributed by atoms with Crippen LogP contribution in [0.25, 0.3) is 6.08 Å². The van der Waals surface area contributed by atoms with Crippen molar-refractivity contribution in [3.8, 4) is 23.0 Å². The predicted octanol–water partition coefficient (Wildman–Crippen LogP) is 5.04. The molecule has 4 rings (SSSR count). The summed E-state index contributed by atoms with van der Waals surface area (Å²) in [5.41, 5.74) is 2.00. The smallest absolute Gasteiger partial charge is 0.331 e. The lowest BCUT2D eigenvalue weighted by atomic mass is 9.84. The molecule has 2 saturated heterocycles. The van der Waals surface area contributed by atoms with E-state index in [0.29, 0.717) is 23.3 Å². The number of carbonyl (C=O) groups is 1. The van der Waals surface area contributed by atoms with Crippen molar-refractivity contribution in [3.63, 3.8) is 0 Å². The Bertz CT molecular complexity index is 1050. The van der Waals surface area contributed by atoms with Gasteiger partial charge in [-0.3, -0.25) is 4.90 Å². The van der Waals surface area contributed by atoms with E-state index in [1.54, 1.807) is 34.5 Å². The number of methoxy groups -OCH3 is 4. The van der Waals surface area contributed by atoms with E-state index in [1.807, 2.05) is 24.3 Å². The van der Waals surface area contributed by atoms with Crippen molar-refractivity contribution in [3.05, 3.63) is 53.6 Å². The molecule has 3 atom stereocenters. The number of benzene rings is 2. The van der Waals surface area contributed by atoms with E-state index >= 15 is 0 Å². The topological polar surface area (TPSA) is 66.5 Å². The third-order valence-corrected chi connectivity index (χ3v) is 6.99. The highest BCUT2D eigenvalue weighted by Crippen LogP contribution is 2.42. The Hall–Kier alpha value is -3.19. The van der Waals surface area contributed by atoms with Crippen LogP contribution in [0.1, 0.15) is 49.3 Å².